The van der Waals surface area contributed by atoms with Crippen molar-refractivity contribution < 1.29 is 9.59 Å². The molecule has 2 amide bonds. The third kappa shape index (κ3) is 4.76. The average Bonchev–Trinajstić information content (AvgIpc) is 2.82. The van der Waals surface area contributed by atoms with Crippen LogP contribution in [0.25, 0.3) is 10.9 Å². The Balaban J connectivity index is 1.59. The zero-order chi connectivity index (χ0) is 21.6. The number of rotatable bonds is 6. The lowest BCUT2D eigenvalue weighted by molar-refractivity contribution is -0.118. The Kier molecular flexibility index (Phi) is 6.01. The second kappa shape index (κ2) is 9.19. The summed E-state index contributed by atoms with van der Waals surface area (Å²) in [5.41, 5.74) is 9.05. The van der Waals surface area contributed by atoms with E-state index in [9.17, 15) is 9.59 Å². The second-order valence-electron chi connectivity index (χ2n) is 7.13. The van der Waals surface area contributed by atoms with Gasteiger partial charge in [-0.3, -0.25) is 14.6 Å². The van der Waals surface area contributed by atoms with E-state index in [-0.39, 0.29) is 11.8 Å². The number of carbonyl (C=O) groups excluding carboxylic acids is 2. The molecule has 1 unspecified atom stereocenters. The number of fused-ring (bicyclic) bond motifs is 1. The number of pyridine rings is 1. The average molecular weight is 410 g/mol. The van der Waals surface area contributed by atoms with Gasteiger partial charge in [-0.1, -0.05) is 60.7 Å². The highest BCUT2D eigenvalue weighted by Crippen LogP contribution is 2.20. The minimum atomic E-state index is -0.873. The molecular formula is C25H22N4O2. The Morgan fingerprint density at radius 1 is 0.903 bits per heavy atom. The van der Waals surface area contributed by atoms with Crippen molar-refractivity contribution in [3.05, 3.63) is 108 Å². The fourth-order valence-electron chi connectivity index (χ4n) is 3.35. The van der Waals surface area contributed by atoms with Crippen LogP contribution in [0.3, 0.4) is 0 Å². The maximum absolute atomic E-state index is 13.2. The van der Waals surface area contributed by atoms with Crippen LogP contribution in [0.2, 0.25) is 0 Å². The van der Waals surface area contributed by atoms with Crippen LogP contribution in [-0.4, -0.2) is 16.8 Å². The highest BCUT2D eigenvalue weighted by atomic mass is 16.2. The number of benzene rings is 3. The van der Waals surface area contributed by atoms with E-state index in [2.05, 4.69) is 15.6 Å². The number of amides is 2. The highest BCUT2D eigenvalue weighted by Gasteiger charge is 2.23. The maximum atomic E-state index is 13.2. The number of anilines is 1. The molecule has 0 saturated heterocycles. The molecule has 0 saturated carbocycles. The van der Waals surface area contributed by atoms with Gasteiger partial charge in [0, 0.05) is 17.5 Å². The standard InChI is InChI=1S/C25H22N4O2/c26-15-17-7-6-11-20(13-17)24(30)29-23(18-8-2-1-3-9-18)25(31)28-21-14-19-10-4-5-12-22(19)27-16-21/h1-14,16,23H,15,26H2,(H,28,31)(H,29,30). The van der Waals surface area contributed by atoms with Crippen molar-refractivity contribution in [3.63, 3.8) is 0 Å². The van der Waals surface area contributed by atoms with E-state index in [0.717, 1.165) is 16.5 Å². The molecule has 6 nitrogen and oxygen atoms in total. The molecule has 3 aromatic carbocycles. The van der Waals surface area contributed by atoms with E-state index in [0.29, 0.717) is 23.4 Å². The van der Waals surface area contributed by atoms with E-state index >= 15 is 0 Å². The van der Waals surface area contributed by atoms with Crippen LogP contribution in [0.4, 0.5) is 5.69 Å². The summed E-state index contributed by atoms with van der Waals surface area (Å²) >= 11 is 0. The first-order valence-corrected chi connectivity index (χ1v) is 9.94. The van der Waals surface area contributed by atoms with Crippen molar-refractivity contribution in [2.24, 2.45) is 5.73 Å². The largest absolute Gasteiger partial charge is 0.336 e. The first-order chi connectivity index (χ1) is 15.1. The molecule has 6 heteroatoms. The first-order valence-electron chi connectivity index (χ1n) is 9.94. The van der Waals surface area contributed by atoms with Crippen molar-refractivity contribution in [3.8, 4) is 0 Å². The lowest BCUT2D eigenvalue weighted by Gasteiger charge is -2.19. The molecule has 4 aromatic rings. The zero-order valence-corrected chi connectivity index (χ0v) is 16.8. The number of aromatic nitrogens is 1. The molecule has 0 aliphatic heterocycles. The summed E-state index contributed by atoms with van der Waals surface area (Å²) in [6.45, 7) is 0.332. The van der Waals surface area contributed by atoms with Crippen LogP contribution in [0.15, 0.2) is 91.1 Å². The number of para-hydroxylation sites is 1. The fourth-order valence-corrected chi connectivity index (χ4v) is 3.35. The van der Waals surface area contributed by atoms with Crippen LogP contribution in [0.5, 0.6) is 0 Å². The molecule has 1 heterocycles. The lowest BCUT2D eigenvalue weighted by atomic mass is 10.0. The van der Waals surface area contributed by atoms with Crippen molar-refractivity contribution >= 4 is 28.4 Å². The van der Waals surface area contributed by atoms with Gasteiger partial charge in [-0.25, -0.2) is 0 Å². The normalized spacial score (nSPS) is 11.6. The number of nitrogens with two attached hydrogens (primary N) is 1. The Morgan fingerprint density at radius 2 is 1.68 bits per heavy atom. The van der Waals surface area contributed by atoms with E-state index in [1.54, 1.807) is 36.5 Å². The minimum Gasteiger partial charge on any atom is -0.336 e. The van der Waals surface area contributed by atoms with E-state index in [1.807, 2.05) is 54.6 Å². The summed E-state index contributed by atoms with van der Waals surface area (Å²) in [5, 5.41) is 6.64. The number of hydrogen-bond acceptors (Lipinski definition) is 4. The van der Waals surface area contributed by atoms with E-state index in [1.165, 1.54) is 0 Å². The van der Waals surface area contributed by atoms with Gasteiger partial charge in [0.25, 0.3) is 11.8 Å². The van der Waals surface area contributed by atoms with Crippen LogP contribution in [0.1, 0.15) is 27.5 Å². The molecule has 1 aromatic heterocycles. The van der Waals surface area contributed by atoms with Gasteiger partial charge in [-0.2, -0.15) is 0 Å². The molecule has 0 radical (unpaired) electrons. The van der Waals surface area contributed by atoms with Gasteiger partial charge in [0.2, 0.25) is 0 Å². The van der Waals surface area contributed by atoms with Crippen molar-refractivity contribution in [2.45, 2.75) is 12.6 Å². The van der Waals surface area contributed by atoms with Gasteiger partial charge in [-0.15, -0.1) is 0 Å². The Morgan fingerprint density at radius 3 is 2.48 bits per heavy atom. The van der Waals surface area contributed by atoms with Crippen LogP contribution in [-0.2, 0) is 11.3 Å². The molecule has 4 N–H and O–H groups in total. The van der Waals surface area contributed by atoms with E-state index in [4.69, 9.17) is 5.73 Å². The van der Waals surface area contributed by atoms with Gasteiger partial charge in [0.1, 0.15) is 6.04 Å². The maximum Gasteiger partial charge on any atom is 0.252 e. The number of nitrogens with one attached hydrogen (secondary N) is 2. The molecule has 31 heavy (non-hydrogen) atoms. The monoisotopic (exact) mass is 410 g/mol. The summed E-state index contributed by atoms with van der Waals surface area (Å²) in [6, 6.07) is 24.8. The fraction of sp³-hybridized carbons (Fsp3) is 0.0800. The summed E-state index contributed by atoms with van der Waals surface area (Å²) in [6.07, 6.45) is 1.61. The third-order valence-electron chi connectivity index (χ3n) is 4.95. The van der Waals surface area contributed by atoms with Crippen molar-refractivity contribution in [1.82, 2.24) is 10.3 Å². The summed E-state index contributed by atoms with van der Waals surface area (Å²) in [4.78, 5) is 30.4. The predicted octanol–water partition coefficient (Wildman–Crippen LogP) is 3.80. The van der Waals surface area contributed by atoms with Crippen molar-refractivity contribution in [2.75, 3.05) is 5.32 Å². The van der Waals surface area contributed by atoms with Crippen molar-refractivity contribution in [1.29, 1.82) is 0 Å². The minimum absolute atomic E-state index is 0.332. The van der Waals surface area contributed by atoms with Crippen LogP contribution >= 0.6 is 0 Å². The molecule has 4 rings (SSSR count). The summed E-state index contributed by atoms with van der Waals surface area (Å²) in [5.74, 6) is -0.706. The van der Waals surface area contributed by atoms with Gasteiger partial charge in [0.15, 0.2) is 0 Å². The second-order valence-corrected chi connectivity index (χ2v) is 7.13. The number of carbonyl (C=O) groups is 2. The van der Waals surface area contributed by atoms with E-state index < -0.39 is 6.04 Å². The first kappa shape index (κ1) is 20.3. The smallest absolute Gasteiger partial charge is 0.252 e. The summed E-state index contributed by atoms with van der Waals surface area (Å²) in [7, 11) is 0. The molecule has 0 spiro atoms. The Labute approximate surface area is 180 Å². The number of hydrogen-bond donors (Lipinski definition) is 3. The summed E-state index contributed by atoms with van der Waals surface area (Å²) < 4.78 is 0. The Bertz CT molecular complexity index is 1220. The molecule has 0 aliphatic rings. The Hall–Kier alpha value is -4.03. The van der Waals surface area contributed by atoms with Gasteiger partial charge < -0.3 is 16.4 Å². The van der Waals surface area contributed by atoms with Gasteiger partial charge >= 0.3 is 0 Å². The van der Waals surface area contributed by atoms with Gasteiger partial charge in [0.05, 0.1) is 17.4 Å². The topological polar surface area (TPSA) is 97.1 Å². The molecule has 154 valence electrons. The van der Waals surface area contributed by atoms with Crippen LogP contribution in [0, 0.1) is 0 Å². The number of nitrogens with zero attached hydrogens (tertiary/aromatic N) is 1. The molecule has 0 fully saturated rings. The third-order valence-corrected chi connectivity index (χ3v) is 4.95. The predicted molar refractivity (Wildman–Crippen MR) is 121 cm³/mol. The highest BCUT2D eigenvalue weighted by molar-refractivity contribution is 6.02. The van der Waals surface area contributed by atoms with Gasteiger partial charge in [-0.05, 0) is 35.4 Å². The molecule has 0 bridgehead atoms. The SMILES string of the molecule is NCc1cccc(C(=O)NC(C(=O)Nc2cnc3ccccc3c2)c2ccccc2)c1. The van der Waals surface area contributed by atoms with Crippen LogP contribution < -0.4 is 16.4 Å². The molecule has 0 aliphatic carbocycles. The molecule has 1 atom stereocenters. The molecular weight excluding hydrogens is 388 g/mol. The zero-order valence-electron chi connectivity index (χ0n) is 16.8. The quantitative estimate of drug-likeness (QED) is 0.450. The lowest BCUT2D eigenvalue weighted by Crippen LogP contribution is -2.37.